The van der Waals surface area contributed by atoms with Gasteiger partial charge in [0, 0.05) is 30.4 Å². The molecule has 5 heteroatoms. The van der Waals surface area contributed by atoms with Crippen molar-refractivity contribution in [3.8, 4) is 0 Å². The molecule has 1 aliphatic carbocycles. The molecule has 0 bridgehead atoms. The molecule has 0 aromatic heterocycles. The largest absolute Gasteiger partial charge is 0.352 e. The summed E-state index contributed by atoms with van der Waals surface area (Å²) >= 11 is 0. The van der Waals surface area contributed by atoms with Gasteiger partial charge in [-0.05, 0) is 48.6 Å². The quantitative estimate of drug-likeness (QED) is 0.671. The van der Waals surface area contributed by atoms with Crippen molar-refractivity contribution in [3.63, 3.8) is 0 Å². The Hall–Kier alpha value is -2.40. The van der Waals surface area contributed by atoms with Crippen molar-refractivity contribution >= 4 is 11.4 Å². The van der Waals surface area contributed by atoms with Crippen molar-refractivity contribution in [1.29, 1.82) is 0 Å². The lowest BCUT2D eigenvalue weighted by Gasteiger charge is -2.48. The van der Waals surface area contributed by atoms with Crippen molar-refractivity contribution in [2.45, 2.75) is 37.9 Å². The lowest BCUT2D eigenvalue weighted by molar-refractivity contribution is -0.384. The van der Waals surface area contributed by atoms with Crippen LogP contribution in [0, 0.1) is 16.0 Å². The van der Waals surface area contributed by atoms with Crippen LogP contribution in [0.4, 0.5) is 11.4 Å². The second-order valence-corrected chi connectivity index (χ2v) is 7.06. The van der Waals surface area contributed by atoms with Crippen molar-refractivity contribution < 1.29 is 4.92 Å². The maximum Gasteiger partial charge on any atom is 0.269 e. The van der Waals surface area contributed by atoms with Crippen LogP contribution in [-0.4, -0.2) is 17.5 Å². The fourth-order valence-electron chi connectivity index (χ4n) is 4.22. The molecule has 2 aromatic rings. The number of benzene rings is 2. The Labute approximate surface area is 147 Å². The molecule has 2 aliphatic rings. The second-order valence-electron chi connectivity index (χ2n) is 7.06. The van der Waals surface area contributed by atoms with E-state index in [0.717, 1.165) is 12.1 Å². The molecule has 0 spiro atoms. The number of nitrogens with one attached hydrogen (secondary N) is 1. The van der Waals surface area contributed by atoms with Crippen LogP contribution in [0.1, 0.15) is 37.4 Å². The number of hydrogen-bond donors (Lipinski definition) is 1. The van der Waals surface area contributed by atoms with Gasteiger partial charge in [0.2, 0.25) is 0 Å². The van der Waals surface area contributed by atoms with Crippen LogP contribution in [-0.2, 0) is 0 Å². The molecule has 25 heavy (non-hydrogen) atoms. The van der Waals surface area contributed by atoms with E-state index in [0.29, 0.717) is 12.0 Å². The Kier molecular flexibility index (Phi) is 4.40. The molecule has 5 nitrogen and oxygen atoms in total. The van der Waals surface area contributed by atoms with E-state index in [-0.39, 0.29) is 16.8 Å². The van der Waals surface area contributed by atoms with Gasteiger partial charge in [0.15, 0.2) is 0 Å². The fraction of sp³-hybridized carbons (Fsp3) is 0.400. The van der Waals surface area contributed by atoms with Gasteiger partial charge in [-0.2, -0.15) is 0 Å². The molecule has 0 radical (unpaired) electrons. The maximum atomic E-state index is 10.9. The summed E-state index contributed by atoms with van der Waals surface area (Å²) in [4.78, 5) is 13.0. The number of nitrogens with zero attached hydrogens (tertiary/aromatic N) is 2. The number of anilines is 1. The zero-order valence-corrected chi connectivity index (χ0v) is 14.2. The highest BCUT2D eigenvalue weighted by Gasteiger charge is 2.37. The van der Waals surface area contributed by atoms with Gasteiger partial charge < -0.3 is 4.90 Å². The minimum Gasteiger partial charge on any atom is -0.352 e. The Bertz CT molecular complexity index is 732. The van der Waals surface area contributed by atoms with Gasteiger partial charge in [0.1, 0.15) is 6.17 Å². The Morgan fingerprint density at radius 3 is 2.44 bits per heavy atom. The Morgan fingerprint density at radius 2 is 1.72 bits per heavy atom. The third kappa shape index (κ3) is 3.24. The zero-order valence-electron chi connectivity index (χ0n) is 14.2. The second kappa shape index (κ2) is 6.84. The van der Waals surface area contributed by atoms with Crippen LogP contribution in [0.15, 0.2) is 54.6 Å². The SMILES string of the molecule is O=[N+]([O-])c1ccc([C@H]2N[C@@H]3CCCC[C@@H]3CN2c2ccccc2)cc1. The van der Waals surface area contributed by atoms with Gasteiger partial charge in [0.25, 0.3) is 5.69 Å². The van der Waals surface area contributed by atoms with Crippen molar-refractivity contribution in [2.75, 3.05) is 11.4 Å². The molecule has 4 rings (SSSR count). The predicted molar refractivity (Wildman–Crippen MR) is 98.5 cm³/mol. The van der Waals surface area contributed by atoms with Crippen LogP contribution >= 0.6 is 0 Å². The standard InChI is InChI=1S/C20H23N3O2/c24-23(25)18-12-10-15(11-13-18)20-21-19-9-5-4-6-16(19)14-22(20)17-7-2-1-3-8-17/h1-3,7-8,10-13,16,19-21H,4-6,9,14H2/t16-,19-,20+/m1/s1. The van der Waals surface area contributed by atoms with E-state index in [2.05, 4.69) is 34.5 Å². The number of rotatable bonds is 3. The Morgan fingerprint density at radius 1 is 1.00 bits per heavy atom. The molecule has 1 N–H and O–H groups in total. The first-order chi connectivity index (χ1) is 12.2. The molecule has 1 aliphatic heterocycles. The number of fused-ring (bicyclic) bond motifs is 1. The summed E-state index contributed by atoms with van der Waals surface area (Å²) in [6, 6.07) is 18.0. The van der Waals surface area contributed by atoms with Crippen LogP contribution in [0.2, 0.25) is 0 Å². The average molecular weight is 337 g/mol. The molecule has 130 valence electrons. The zero-order chi connectivity index (χ0) is 17.2. The molecule has 2 fully saturated rings. The van der Waals surface area contributed by atoms with Gasteiger partial charge in [-0.3, -0.25) is 15.4 Å². The summed E-state index contributed by atoms with van der Waals surface area (Å²) in [7, 11) is 0. The van der Waals surface area contributed by atoms with Gasteiger partial charge in [-0.25, -0.2) is 0 Å². The Balaban J connectivity index is 1.67. The number of non-ortho nitro benzene ring substituents is 1. The summed E-state index contributed by atoms with van der Waals surface area (Å²) in [5.74, 6) is 0.670. The molecule has 0 amide bonds. The normalized spacial score (nSPS) is 26.1. The number of para-hydroxylation sites is 1. The molecular formula is C20H23N3O2. The highest BCUT2D eigenvalue weighted by molar-refractivity contribution is 5.50. The number of nitro benzene ring substituents is 1. The minimum absolute atomic E-state index is 0.0579. The monoisotopic (exact) mass is 337 g/mol. The summed E-state index contributed by atoms with van der Waals surface area (Å²) in [6.07, 6.45) is 5.15. The fourth-order valence-corrected chi connectivity index (χ4v) is 4.22. The van der Waals surface area contributed by atoms with Gasteiger partial charge in [0.05, 0.1) is 4.92 Å². The lowest BCUT2D eigenvalue weighted by Crippen LogP contribution is -2.56. The van der Waals surface area contributed by atoms with E-state index >= 15 is 0 Å². The van der Waals surface area contributed by atoms with E-state index in [4.69, 9.17) is 0 Å². The molecule has 0 unspecified atom stereocenters. The molecule has 3 atom stereocenters. The van der Waals surface area contributed by atoms with Crippen LogP contribution < -0.4 is 10.2 Å². The van der Waals surface area contributed by atoms with E-state index < -0.39 is 0 Å². The summed E-state index contributed by atoms with van der Waals surface area (Å²) in [5, 5.41) is 14.8. The van der Waals surface area contributed by atoms with E-state index in [1.807, 2.05) is 18.2 Å². The minimum atomic E-state index is -0.343. The average Bonchev–Trinajstić information content (AvgIpc) is 2.68. The van der Waals surface area contributed by atoms with Crippen molar-refractivity contribution in [1.82, 2.24) is 5.32 Å². The molecule has 1 heterocycles. The van der Waals surface area contributed by atoms with E-state index in [1.165, 1.54) is 31.4 Å². The van der Waals surface area contributed by atoms with E-state index in [1.54, 1.807) is 12.1 Å². The summed E-state index contributed by atoms with van der Waals surface area (Å²) in [5.41, 5.74) is 2.42. The first kappa shape index (κ1) is 16.1. The lowest BCUT2D eigenvalue weighted by atomic mass is 9.81. The molecular weight excluding hydrogens is 314 g/mol. The van der Waals surface area contributed by atoms with Gasteiger partial charge in [-0.1, -0.05) is 31.0 Å². The predicted octanol–water partition coefficient (Wildman–Crippen LogP) is 4.26. The van der Waals surface area contributed by atoms with Gasteiger partial charge in [-0.15, -0.1) is 0 Å². The first-order valence-corrected chi connectivity index (χ1v) is 9.04. The first-order valence-electron chi connectivity index (χ1n) is 9.04. The molecule has 2 aromatic carbocycles. The number of hydrogen-bond acceptors (Lipinski definition) is 4. The van der Waals surface area contributed by atoms with Crippen molar-refractivity contribution in [2.24, 2.45) is 5.92 Å². The summed E-state index contributed by atoms with van der Waals surface area (Å²) in [6.45, 7) is 1.03. The van der Waals surface area contributed by atoms with Crippen LogP contribution in [0.5, 0.6) is 0 Å². The smallest absolute Gasteiger partial charge is 0.269 e. The highest BCUT2D eigenvalue weighted by Crippen LogP contribution is 2.37. The highest BCUT2D eigenvalue weighted by atomic mass is 16.6. The van der Waals surface area contributed by atoms with Crippen LogP contribution in [0.25, 0.3) is 0 Å². The number of nitro groups is 1. The topological polar surface area (TPSA) is 58.4 Å². The van der Waals surface area contributed by atoms with Crippen molar-refractivity contribution in [3.05, 3.63) is 70.3 Å². The van der Waals surface area contributed by atoms with Gasteiger partial charge >= 0.3 is 0 Å². The third-order valence-corrected chi connectivity index (χ3v) is 5.53. The molecule has 1 saturated carbocycles. The van der Waals surface area contributed by atoms with Crippen LogP contribution in [0.3, 0.4) is 0 Å². The molecule has 1 saturated heterocycles. The van der Waals surface area contributed by atoms with E-state index in [9.17, 15) is 10.1 Å². The summed E-state index contributed by atoms with van der Waals surface area (Å²) < 4.78 is 0. The third-order valence-electron chi connectivity index (χ3n) is 5.53. The maximum absolute atomic E-state index is 10.9.